The number of carbonyl (C=O) groups is 2. The number of amides is 1. The van der Waals surface area contributed by atoms with Crippen LogP contribution in [0.5, 0.6) is 5.75 Å². The van der Waals surface area contributed by atoms with E-state index in [1.807, 2.05) is 6.07 Å². The number of nitrogens with zero attached hydrogens (tertiary/aromatic N) is 2. The van der Waals surface area contributed by atoms with Gasteiger partial charge in [0, 0.05) is 6.54 Å². The second-order valence-electron chi connectivity index (χ2n) is 7.63. The molecule has 182 valence electrons. The summed E-state index contributed by atoms with van der Waals surface area (Å²) in [6.45, 7) is 1.25. The summed E-state index contributed by atoms with van der Waals surface area (Å²) in [5, 5.41) is 12.8. The third-order valence-electron chi connectivity index (χ3n) is 5.02. The lowest BCUT2D eigenvalue weighted by Gasteiger charge is -2.23. The third-order valence-corrected chi connectivity index (χ3v) is 6.83. The minimum absolute atomic E-state index is 0.0337. The molecule has 0 unspecified atom stereocenters. The molecule has 0 heterocycles. The Bertz CT molecular complexity index is 1320. The topological polar surface area (TPSA) is 125 Å². The molecule has 0 atom stereocenters. The van der Waals surface area contributed by atoms with Crippen LogP contribution in [0.1, 0.15) is 27.0 Å². The van der Waals surface area contributed by atoms with Gasteiger partial charge in [-0.05, 0) is 47.9 Å². The van der Waals surface area contributed by atoms with Crippen LogP contribution in [0.25, 0.3) is 0 Å². The van der Waals surface area contributed by atoms with Gasteiger partial charge in [0.15, 0.2) is 0 Å². The van der Waals surface area contributed by atoms with Gasteiger partial charge in [-0.15, -0.1) is 0 Å². The Kier molecular flexibility index (Phi) is 8.34. The highest BCUT2D eigenvalue weighted by molar-refractivity contribution is 7.89. The van der Waals surface area contributed by atoms with Gasteiger partial charge in [0.2, 0.25) is 10.0 Å². The number of sulfonamides is 1. The van der Waals surface area contributed by atoms with Crippen molar-refractivity contribution >= 4 is 28.1 Å². The van der Waals surface area contributed by atoms with Crippen LogP contribution in [0, 0.1) is 6.92 Å². The fraction of sp³-hybridized carbons (Fsp3) is 0.160. The lowest BCUT2D eigenvalue weighted by atomic mass is 10.1. The average Bonchev–Trinajstić information content (AvgIpc) is 2.84. The first-order valence-electron chi connectivity index (χ1n) is 10.5. The van der Waals surface area contributed by atoms with Gasteiger partial charge in [-0.1, -0.05) is 48.5 Å². The largest absolute Gasteiger partial charge is 0.495 e. The first-order chi connectivity index (χ1) is 16.7. The maximum absolute atomic E-state index is 13.6. The summed E-state index contributed by atoms with van der Waals surface area (Å²) in [6, 6.07) is 19.6. The van der Waals surface area contributed by atoms with Crippen molar-refractivity contribution in [2.45, 2.75) is 18.4 Å². The molecule has 9 nitrogen and oxygen atoms in total. The summed E-state index contributed by atoms with van der Waals surface area (Å²) in [4.78, 5) is 23.5. The molecule has 0 aromatic heterocycles. The molecule has 0 bridgehead atoms. The fourth-order valence-corrected chi connectivity index (χ4v) is 4.85. The number of carboxylic acid groups (broad SMARTS) is 1. The Labute approximate surface area is 203 Å². The number of carbonyl (C=O) groups excluding carboxylic acids is 1. The summed E-state index contributed by atoms with van der Waals surface area (Å²) in [6.07, 6.45) is 1.34. The lowest BCUT2D eigenvalue weighted by molar-refractivity contribution is -0.121. The van der Waals surface area contributed by atoms with Gasteiger partial charge in [-0.25, -0.2) is 18.6 Å². The first-order valence-corrected chi connectivity index (χ1v) is 12.0. The van der Waals surface area contributed by atoms with Gasteiger partial charge in [-0.3, -0.25) is 4.79 Å². The molecule has 0 aliphatic carbocycles. The zero-order valence-electron chi connectivity index (χ0n) is 19.2. The molecule has 3 aromatic rings. The minimum Gasteiger partial charge on any atom is -0.495 e. The summed E-state index contributed by atoms with van der Waals surface area (Å²) in [5.41, 5.74) is 4.45. The van der Waals surface area contributed by atoms with Crippen molar-refractivity contribution in [3.63, 3.8) is 0 Å². The fourth-order valence-electron chi connectivity index (χ4n) is 3.22. The molecule has 3 rings (SSSR count). The smallest absolute Gasteiger partial charge is 0.335 e. The van der Waals surface area contributed by atoms with Crippen molar-refractivity contribution in [1.82, 2.24) is 9.73 Å². The molecule has 3 aromatic carbocycles. The minimum atomic E-state index is -4.11. The number of nitrogens with one attached hydrogen (secondary N) is 1. The van der Waals surface area contributed by atoms with Crippen molar-refractivity contribution in [3.8, 4) is 5.75 Å². The second-order valence-corrected chi connectivity index (χ2v) is 9.54. The van der Waals surface area contributed by atoms with E-state index in [0.29, 0.717) is 11.1 Å². The monoisotopic (exact) mass is 495 g/mol. The third kappa shape index (κ3) is 6.75. The highest BCUT2D eigenvalue weighted by Gasteiger charge is 2.30. The number of carboxylic acids is 1. The molecule has 0 spiro atoms. The Morgan fingerprint density at radius 3 is 2.37 bits per heavy atom. The van der Waals surface area contributed by atoms with E-state index in [-0.39, 0.29) is 22.8 Å². The van der Waals surface area contributed by atoms with Gasteiger partial charge < -0.3 is 9.84 Å². The number of methoxy groups -OCH3 is 1. The number of aryl methyl sites for hydroxylation is 1. The number of aromatic carboxylic acids is 1. The van der Waals surface area contributed by atoms with Crippen LogP contribution in [0.4, 0.5) is 0 Å². The maximum Gasteiger partial charge on any atom is 0.335 e. The van der Waals surface area contributed by atoms with Gasteiger partial charge in [-0.2, -0.15) is 9.41 Å². The summed E-state index contributed by atoms with van der Waals surface area (Å²) >= 11 is 0. The van der Waals surface area contributed by atoms with E-state index in [0.717, 1.165) is 9.87 Å². The number of rotatable bonds is 10. The van der Waals surface area contributed by atoms with Crippen molar-refractivity contribution in [1.29, 1.82) is 0 Å². The number of hydrazone groups is 1. The lowest BCUT2D eigenvalue weighted by Crippen LogP contribution is -2.39. The molecule has 0 aliphatic heterocycles. The van der Waals surface area contributed by atoms with Crippen molar-refractivity contribution in [2.75, 3.05) is 13.7 Å². The molecule has 10 heteroatoms. The summed E-state index contributed by atoms with van der Waals surface area (Å²) in [7, 11) is -2.73. The van der Waals surface area contributed by atoms with Crippen molar-refractivity contribution in [2.24, 2.45) is 5.10 Å². The number of ether oxygens (including phenoxy) is 1. The Morgan fingerprint density at radius 2 is 1.74 bits per heavy atom. The van der Waals surface area contributed by atoms with Crippen molar-refractivity contribution < 1.29 is 27.9 Å². The average molecular weight is 496 g/mol. The first kappa shape index (κ1) is 25.6. The molecular formula is C25H25N3O6S. The zero-order valence-corrected chi connectivity index (χ0v) is 20.0. The second kappa shape index (κ2) is 11.4. The maximum atomic E-state index is 13.6. The molecular weight excluding hydrogens is 470 g/mol. The Hall–Kier alpha value is -4.02. The Morgan fingerprint density at radius 1 is 1.06 bits per heavy atom. The predicted octanol–water partition coefficient (Wildman–Crippen LogP) is 3.04. The molecule has 0 aliphatic rings. The molecule has 1 amide bonds. The van der Waals surface area contributed by atoms with E-state index in [4.69, 9.17) is 9.84 Å². The van der Waals surface area contributed by atoms with Crippen molar-refractivity contribution in [3.05, 3.63) is 95.1 Å². The summed E-state index contributed by atoms with van der Waals surface area (Å²) < 4.78 is 33.5. The van der Waals surface area contributed by atoms with Crippen LogP contribution in [0.15, 0.2) is 82.8 Å². The predicted molar refractivity (Wildman–Crippen MR) is 131 cm³/mol. The number of hydrogen-bond donors (Lipinski definition) is 2. The molecule has 0 radical (unpaired) electrons. The van der Waals surface area contributed by atoms with Crippen LogP contribution in [-0.4, -0.2) is 49.6 Å². The van der Waals surface area contributed by atoms with E-state index in [1.165, 1.54) is 43.7 Å². The van der Waals surface area contributed by atoms with E-state index in [9.17, 15) is 18.0 Å². The van der Waals surface area contributed by atoms with Gasteiger partial charge in [0.1, 0.15) is 10.6 Å². The SMILES string of the molecule is COc1ccc(C)cc1S(=O)(=O)N(CC(=O)NN=Cc1ccc(C(=O)O)cc1)Cc1ccccc1. The van der Waals surface area contributed by atoms with Crippen LogP contribution >= 0.6 is 0 Å². The van der Waals surface area contributed by atoms with E-state index >= 15 is 0 Å². The van der Waals surface area contributed by atoms with Gasteiger partial charge >= 0.3 is 5.97 Å². The standard InChI is InChI=1S/C25H25N3O6S/c1-18-8-13-22(34-2)23(14-18)35(32,33)28(16-20-6-4-3-5-7-20)17-24(29)27-26-15-19-9-11-21(12-10-19)25(30)31/h3-15H,16-17H2,1-2H3,(H,27,29)(H,30,31). The highest BCUT2D eigenvalue weighted by atomic mass is 32.2. The Balaban J connectivity index is 1.81. The molecule has 35 heavy (non-hydrogen) atoms. The molecule has 0 saturated carbocycles. The zero-order chi connectivity index (χ0) is 25.4. The molecule has 2 N–H and O–H groups in total. The van der Waals surface area contributed by atoms with E-state index in [2.05, 4.69) is 10.5 Å². The normalized spacial score (nSPS) is 11.5. The number of benzene rings is 3. The van der Waals surface area contributed by atoms with Crippen LogP contribution in [0.2, 0.25) is 0 Å². The van der Waals surface area contributed by atoms with Crippen LogP contribution < -0.4 is 10.2 Å². The van der Waals surface area contributed by atoms with Gasteiger partial charge in [0.05, 0.1) is 25.4 Å². The summed E-state index contributed by atoms with van der Waals surface area (Å²) in [5.74, 6) is -1.52. The van der Waals surface area contributed by atoms with Crippen LogP contribution in [-0.2, 0) is 21.4 Å². The number of hydrogen-bond acceptors (Lipinski definition) is 6. The highest BCUT2D eigenvalue weighted by Crippen LogP contribution is 2.28. The molecule has 0 fully saturated rings. The quantitative estimate of drug-likeness (QED) is 0.329. The van der Waals surface area contributed by atoms with Crippen LogP contribution in [0.3, 0.4) is 0 Å². The van der Waals surface area contributed by atoms with Gasteiger partial charge in [0.25, 0.3) is 5.91 Å². The molecule has 0 saturated heterocycles. The van der Waals surface area contributed by atoms with E-state index in [1.54, 1.807) is 43.3 Å². The van der Waals surface area contributed by atoms with E-state index < -0.39 is 28.4 Å².